The van der Waals surface area contributed by atoms with Gasteiger partial charge in [-0.2, -0.15) is 5.26 Å². The van der Waals surface area contributed by atoms with E-state index in [4.69, 9.17) is 15.4 Å². The number of rotatable bonds is 5. The highest BCUT2D eigenvalue weighted by Gasteiger charge is 2.16. The lowest BCUT2D eigenvalue weighted by Crippen LogP contribution is -2.07. The molecular weight excluding hydrogens is 258 g/mol. The third-order valence-electron chi connectivity index (χ3n) is 2.87. The second-order valence-corrected chi connectivity index (χ2v) is 6.20. The van der Waals surface area contributed by atoms with Crippen molar-refractivity contribution in [1.82, 2.24) is 4.98 Å². The van der Waals surface area contributed by atoms with Gasteiger partial charge in [-0.3, -0.25) is 0 Å². The van der Waals surface area contributed by atoms with Crippen molar-refractivity contribution in [3.05, 3.63) is 18.2 Å². The van der Waals surface area contributed by atoms with Gasteiger partial charge in [0.15, 0.2) is 5.58 Å². The lowest BCUT2D eigenvalue weighted by Gasteiger charge is -2.13. The van der Waals surface area contributed by atoms with Crippen molar-refractivity contribution in [2.75, 3.05) is 11.5 Å². The number of hydrogen-bond donors (Lipinski definition) is 1. The van der Waals surface area contributed by atoms with E-state index in [2.05, 4.69) is 11.1 Å². The molecule has 1 aromatic heterocycles. The van der Waals surface area contributed by atoms with Crippen LogP contribution < -0.4 is 5.73 Å². The van der Waals surface area contributed by atoms with E-state index in [0.29, 0.717) is 10.9 Å². The number of nitrogens with zero attached hydrogens (tertiary/aromatic N) is 2. The molecule has 2 aromatic rings. The summed E-state index contributed by atoms with van der Waals surface area (Å²) in [7, 11) is 0. The molecule has 2 N–H and O–H groups in total. The normalized spacial score (nSPS) is 11.6. The van der Waals surface area contributed by atoms with Gasteiger partial charge in [-0.25, -0.2) is 4.98 Å². The minimum atomic E-state index is -0.254. The fraction of sp³-hybridized carbons (Fsp3) is 0.429. The van der Waals surface area contributed by atoms with Crippen LogP contribution >= 0.6 is 11.8 Å². The molecule has 0 bridgehead atoms. The van der Waals surface area contributed by atoms with Crippen LogP contribution in [-0.4, -0.2) is 10.7 Å². The van der Waals surface area contributed by atoms with Crippen molar-refractivity contribution in [2.45, 2.75) is 31.9 Å². The zero-order valence-corrected chi connectivity index (χ0v) is 12.0. The molecule has 4 nitrogen and oxygen atoms in total. The molecule has 0 atom stereocenters. The number of anilines is 1. The van der Waals surface area contributed by atoms with Crippen molar-refractivity contribution < 1.29 is 4.42 Å². The first-order valence-corrected chi connectivity index (χ1v) is 7.19. The van der Waals surface area contributed by atoms with Crippen LogP contribution in [0.1, 0.15) is 26.7 Å². The summed E-state index contributed by atoms with van der Waals surface area (Å²) < 4.78 is 5.61. The number of thioether (sulfide) groups is 1. The maximum Gasteiger partial charge on any atom is 0.256 e. The molecule has 0 amide bonds. The summed E-state index contributed by atoms with van der Waals surface area (Å²) in [6, 6.07) is 7.75. The number of nitrogen functional groups attached to an aromatic ring is 1. The fourth-order valence-corrected chi connectivity index (χ4v) is 2.49. The van der Waals surface area contributed by atoms with Crippen molar-refractivity contribution in [3.8, 4) is 6.07 Å². The number of benzene rings is 1. The van der Waals surface area contributed by atoms with Crippen LogP contribution in [0, 0.1) is 16.7 Å². The Bertz CT molecular complexity index is 613. The number of nitriles is 1. The molecule has 19 heavy (non-hydrogen) atoms. The van der Waals surface area contributed by atoms with Gasteiger partial charge in [0.1, 0.15) is 5.52 Å². The quantitative estimate of drug-likeness (QED) is 0.510. The largest absolute Gasteiger partial charge is 0.431 e. The molecule has 2 rings (SSSR count). The highest BCUT2D eigenvalue weighted by atomic mass is 32.2. The molecule has 0 aliphatic rings. The Morgan fingerprint density at radius 1 is 1.47 bits per heavy atom. The minimum absolute atomic E-state index is 0.254. The summed E-state index contributed by atoms with van der Waals surface area (Å²) in [5.41, 5.74) is 7.68. The van der Waals surface area contributed by atoms with E-state index in [-0.39, 0.29) is 5.41 Å². The number of fused-ring (bicyclic) bond motifs is 1. The second-order valence-electron chi connectivity index (χ2n) is 5.15. The summed E-state index contributed by atoms with van der Waals surface area (Å²) >= 11 is 1.58. The molecule has 0 unspecified atom stereocenters. The van der Waals surface area contributed by atoms with Crippen LogP contribution in [0.15, 0.2) is 27.8 Å². The number of oxazole rings is 1. The van der Waals surface area contributed by atoms with Gasteiger partial charge in [0, 0.05) is 11.4 Å². The first-order chi connectivity index (χ1) is 9.00. The van der Waals surface area contributed by atoms with Gasteiger partial charge >= 0.3 is 0 Å². The average molecular weight is 275 g/mol. The Labute approximate surface area is 117 Å². The van der Waals surface area contributed by atoms with Crippen LogP contribution in [0.5, 0.6) is 0 Å². The highest BCUT2D eigenvalue weighted by molar-refractivity contribution is 7.99. The Balaban J connectivity index is 1.90. The molecule has 0 saturated heterocycles. The molecule has 0 radical (unpaired) electrons. The van der Waals surface area contributed by atoms with E-state index >= 15 is 0 Å². The van der Waals surface area contributed by atoms with Crippen LogP contribution in [-0.2, 0) is 0 Å². The van der Waals surface area contributed by atoms with Gasteiger partial charge in [-0.15, -0.1) is 0 Å². The lowest BCUT2D eigenvalue weighted by molar-refractivity contribution is 0.446. The van der Waals surface area contributed by atoms with Crippen molar-refractivity contribution in [3.63, 3.8) is 0 Å². The smallest absolute Gasteiger partial charge is 0.256 e. The van der Waals surface area contributed by atoms with E-state index in [1.54, 1.807) is 17.8 Å². The summed E-state index contributed by atoms with van der Waals surface area (Å²) in [4.78, 5) is 4.38. The van der Waals surface area contributed by atoms with E-state index in [1.165, 1.54) is 0 Å². The molecule has 1 aromatic carbocycles. The molecule has 0 aliphatic carbocycles. The maximum atomic E-state index is 8.93. The van der Waals surface area contributed by atoms with Gasteiger partial charge < -0.3 is 10.2 Å². The predicted octanol–water partition coefficient (Wildman–Crippen LogP) is 3.83. The molecular formula is C14H17N3OS. The van der Waals surface area contributed by atoms with E-state index in [9.17, 15) is 0 Å². The summed E-state index contributed by atoms with van der Waals surface area (Å²) in [6.07, 6.45) is 1.84. The average Bonchev–Trinajstić information content (AvgIpc) is 2.76. The third kappa shape index (κ3) is 3.65. The first-order valence-electron chi connectivity index (χ1n) is 6.20. The molecule has 0 fully saturated rings. The molecule has 0 aliphatic heterocycles. The lowest BCUT2D eigenvalue weighted by atomic mass is 9.90. The van der Waals surface area contributed by atoms with Crippen LogP contribution in [0.25, 0.3) is 11.1 Å². The van der Waals surface area contributed by atoms with Gasteiger partial charge in [0.2, 0.25) is 0 Å². The van der Waals surface area contributed by atoms with Crippen molar-refractivity contribution in [1.29, 1.82) is 5.26 Å². The van der Waals surface area contributed by atoms with Gasteiger partial charge in [-0.1, -0.05) is 11.8 Å². The zero-order chi connectivity index (χ0) is 13.9. The van der Waals surface area contributed by atoms with Gasteiger partial charge in [0.05, 0.1) is 11.5 Å². The first kappa shape index (κ1) is 13.8. The number of aromatic nitrogens is 1. The monoisotopic (exact) mass is 275 g/mol. The zero-order valence-electron chi connectivity index (χ0n) is 11.1. The molecule has 0 spiro atoms. The number of nitrogens with two attached hydrogens (primary N) is 1. The Hall–Kier alpha value is -1.67. The fourth-order valence-electron chi connectivity index (χ4n) is 1.71. The van der Waals surface area contributed by atoms with E-state index < -0.39 is 0 Å². The summed E-state index contributed by atoms with van der Waals surface area (Å²) in [5.74, 6) is 0.896. The summed E-state index contributed by atoms with van der Waals surface area (Å²) in [6.45, 7) is 3.92. The third-order valence-corrected chi connectivity index (χ3v) is 3.78. The van der Waals surface area contributed by atoms with Crippen LogP contribution in [0.3, 0.4) is 0 Å². The standard InChI is InChI=1S/C14H17N3OS/c1-14(2,9-15)6-3-7-19-13-17-11-8-10(16)4-5-12(11)18-13/h4-5,8H,3,6-7,16H2,1-2H3. The SMILES string of the molecule is CC(C)(C#N)CCCSc1nc2cc(N)ccc2o1. The van der Waals surface area contributed by atoms with Gasteiger partial charge in [-0.05, 0) is 44.9 Å². The maximum absolute atomic E-state index is 8.93. The highest BCUT2D eigenvalue weighted by Crippen LogP contribution is 2.27. The van der Waals surface area contributed by atoms with Crippen LogP contribution in [0.2, 0.25) is 0 Å². The minimum Gasteiger partial charge on any atom is -0.431 e. The Morgan fingerprint density at radius 2 is 2.26 bits per heavy atom. The van der Waals surface area contributed by atoms with Crippen molar-refractivity contribution >= 4 is 28.5 Å². The molecule has 0 saturated carbocycles. The number of hydrogen-bond acceptors (Lipinski definition) is 5. The van der Waals surface area contributed by atoms with Gasteiger partial charge in [0.25, 0.3) is 5.22 Å². The second kappa shape index (κ2) is 5.54. The topological polar surface area (TPSA) is 75.8 Å². The predicted molar refractivity (Wildman–Crippen MR) is 77.8 cm³/mol. The van der Waals surface area contributed by atoms with E-state index in [0.717, 1.165) is 29.7 Å². The molecule has 1 heterocycles. The molecule has 100 valence electrons. The molecule has 5 heteroatoms. The Kier molecular flexibility index (Phi) is 4.01. The van der Waals surface area contributed by atoms with E-state index in [1.807, 2.05) is 26.0 Å². The Morgan fingerprint density at radius 3 is 3.00 bits per heavy atom. The summed E-state index contributed by atoms with van der Waals surface area (Å²) in [5, 5.41) is 9.59. The van der Waals surface area contributed by atoms with Crippen molar-refractivity contribution in [2.24, 2.45) is 5.41 Å². The van der Waals surface area contributed by atoms with Crippen LogP contribution in [0.4, 0.5) is 5.69 Å².